The molecule has 1 heterocycles. The average molecular weight is 248 g/mol. The summed E-state index contributed by atoms with van der Waals surface area (Å²) in [6.45, 7) is 3.14. The number of pyridine rings is 1. The fraction of sp³-hybridized carbons (Fsp3) is 0.545. The molecule has 2 unspecified atom stereocenters. The van der Waals surface area contributed by atoms with Gasteiger partial charge in [0.05, 0.1) is 0 Å². The molecule has 0 saturated carbocycles. The molecule has 1 aromatic heterocycles. The molecular weight excluding hydrogens is 233 g/mol. The lowest BCUT2D eigenvalue weighted by Gasteiger charge is -2.35. The number of hydrogen-bond acceptors (Lipinski definition) is 3. The number of halogens is 3. The highest BCUT2D eigenvalue weighted by atomic mass is 19.4. The fourth-order valence-corrected chi connectivity index (χ4v) is 1.58. The Morgan fingerprint density at radius 3 is 2.35 bits per heavy atom. The van der Waals surface area contributed by atoms with Crippen LogP contribution in [0.5, 0.6) is 0 Å². The second kappa shape index (κ2) is 4.62. The van der Waals surface area contributed by atoms with Crippen LogP contribution in [-0.2, 0) is 5.60 Å². The first kappa shape index (κ1) is 13.9. The zero-order valence-electron chi connectivity index (χ0n) is 9.62. The summed E-state index contributed by atoms with van der Waals surface area (Å²) in [5.74, 6) is 0. The van der Waals surface area contributed by atoms with Crippen LogP contribution in [0.4, 0.5) is 13.2 Å². The number of aliphatic hydroxyl groups is 1. The molecule has 0 bridgehead atoms. The Balaban J connectivity index is 3.29. The molecule has 1 aromatic rings. The maximum atomic E-state index is 13.0. The Kier molecular flexibility index (Phi) is 3.78. The van der Waals surface area contributed by atoms with Crippen molar-refractivity contribution >= 4 is 0 Å². The van der Waals surface area contributed by atoms with E-state index in [0.29, 0.717) is 5.69 Å². The van der Waals surface area contributed by atoms with E-state index < -0.39 is 17.8 Å². The molecule has 96 valence electrons. The number of alkyl halides is 3. The summed E-state index contributed by atoms with van der Waals surface area (Å²) >= 11 is 0. The Morgan fingerprint density at radius 1 is 1.41 bits per heavy atom. The molecule has 2 atom stereocenters. The quantitative estimate of drug-likeness (QED) is 0.858. The zero-order chi connectivity index (χ0) is 13.3. The first-order valence-corrected chi connectivity index (χ1v) is 5.21. The van der Waals surface area contributed by atoms with E-state index in [9.17, 15) is 18.3 Å². The van der Waals surface area contributed by atoms with Gasteiger partial charge in [0.25, 0.3) is 0 Å². The van der Waals surface area contributed by atoms with E-state index >= 15 is 0 Å². The smallest absolute Gasteiger partial charge is 0.375 e. The van der Waals surface area contributed by atoms with Gasteiger partial charge < -0.3 is 10.8 Å². The number of nitrogens with zero attached hydrogens (tertiary/aromatic N) is 1. The molecule has 1 rings (SSSR count). The van der Waals surface area contributed by atoms with Crippen molar-refractivity contribution in [1.82, 2.24) is 4.98 Å². The van der Waals surface area contributed by atoms with Gasteiger partial charge in [-0.3, -0.25) is 4.98 Å². The van der Waals surface area contributed by atoms with Gasteiger partial charge in [-0.15, -0.1) is 0 Å². The van der Waals surface area contributed by atoms with E-state index in [-0.39, 0.29) is 12.0 Å². The first-order valence-electron chi connectivity index (χ1n) is 5.21. The normalized spacial score (nSPS) is 17.6. The van der Waals surface area contributed by atoms with Crippen molar-refractivity contribution in [3.8, 4) is 0 Å². The van der Waals surface area contributed by atoms with Crippen molar-refractivity contribution in [3.63, 3.8) is 0 Å². The second-order valence-electron chi connectivity index (χ2n) is 3.97. The molecule has 0 aliphatic rings. The largest absolute Gasteiger partial charge is 0.423 e. The summed E-state index contributed by atoms with van der Waals surface area (Å²) in [7, 11) is 0. The summed E-state index contributed by atoms with van der Waals surface area (Å²) in [5, 5.41) is 9.89. The lowest BCUT2D eigenvalue weighted by molar-refractivity contribution is -0.274. The first-order chi connectivity index (χ1) is 7.73. The van der Waals surface area contributed by atoms with Crippen LogP contribution in [0.1, 0.15) is 24.6 Å². The van der Waals surface area contributed by atoms with Crippen molar-refractivity contribution in [2.24, 2.45) is 5.73 Å². The zero-order valence-corrected chi connectivity index (χ0v) is 9.62. The van der Waals surface area contributed by atoms with Crippen LogP contribution in [0, 0.1) is 6.92 Å². The van der Waals surface area contributed by atoms with Crippen LogP contribution in [0.25, 0.3) is 0 Å². The van der Waals surface area contributed by atoms with Gasteiger partial charge >= 0.3 is 6.18 Å². The van der Waals surface area contributed by atoms with Crippen molar-refractivity contribution < 1.29 is 18.3 Å². The SMILES string of the molecule is CCC(N)C(O)(c1ccc(C)nc1)C(F)(F)F. The van der Waals surface area contributed by atoms with E-state index in [1.165, 1.54) is 19.1 Å². The third-order valence-corrected chi connectivity index (χ3v) is 2.76. The predicted octanol–water partition coefficient (Wildman–Crippen LogP) is 1.88. The third-order valence-electron chi connectivity index (χ3n) is 2.76. The molecule has 0 aliphatic carbocycles. The van der Waals surface area contributed by atoms with Crippen molar-refractivity contribution in [2.45, 2.75) is 38.1 Å². The van der Waals surface area contributed by atoms with Crippen molar-refractivity contribution in [1.29, 1.82) is 0 Å². The van der Waals surface area contributed by atoms with Crippen LogP contribution in [0.2, 0.25) is 0 Å². The van der Waals surface area contributed by atoms with Crippen molar-refractivity contribution in [3.05, 3.63) is 29.6 Å². The molecule has 3 nitrogen and oxygen atoms in total. The third kappa shape index (κ3) is 2.42. The van der Waals surface area contributed by atoms with E-state index in [0.717, 1.165) is 6.20 Å². The monoisotopic (exact) mass is 248 g/mol. The van der Waals surface area contributed by atoms with Gasteiger partial charge in [0.15, 0.2) is 0 Å². The molecule has 0 aliphatic heterocycles. The highest BCUT2D eigenvalue weighted by Crippen LogP contribution is 2.41. The summed E-state index contributed by atoms with van der Waals surface area (Å²) < 4.78 is 38.9. The molecule has 0 spiro atoms. The number of aryl methyl sites for hydroxylation is 1. The minimum Gasteiger partial charge on any atom is -0.375 e. The highest BCUT2D eigenvalue weighted by Gasteiger charge is 2.58. The Labute approximate surface area is 97.5 Å². The maximum Gasteiger partial charge on any atom is 0.423 e. The molecule has 0 amide bonds. The van der Waals surface area contributed by atoms with E-state index in [4.69, 9.17) is 5.73 Å². The molecule has 0 saturated heterocycles. The number of hydrogen-bond donors (Lipinski definition) is 2. The minimum atomic E-state index is -4.83. The fourth-order valence-electron chi connectivity index (χ4n) is 1.58. The molecular formula is C11H15F3N2O. The van der Waals surface area contributed by atoms with E-state index in [1.807, 2.05) is 0 Å². The lowest BCUT2D eigenvalue weighted by atomic mass is 9.85. The molecule has 3 N–H and O–H groups in total. The Bertz CT molecular complexity index is 377. The Hall–Kier alpha value is -1.14. The molecule has 17 heavy (non-hydrogen) atoms. The van der Waals surface area contributed by atoms with Crippen LogP contribution >= 0.6 is 0 Å². The minimum absolute atomic E-state index is 0.00386. The summed E-state index contributed by atoms with van der Waals surface area (Å²) in [5.41, 5.74) is 2.60. The van der Waals surface area contributed by atoms with E-state index in [2.05, 4.69) is 4.98 Å². The second-order valence-corrected chi connectivity index (χ2v) is 3.97. The summed E-state index contributed by atoms with van der Waals surface area (Å²) in [6, 6.07) is 1.19. The number of nitrogens with two attached hydrogens (primary N) is 1. The molecule has 0 fully saturated rings. The predicted molar refractivity (Wildman–Crippen MR) is 57.2 cm³/mol. The van der Waals surface area contributed by atoms with Gasteiger partial charge in [0.2, 0.25) is 5.60 Å². The lowest BCUT2D eigenvalue weighted by Crippen LogP contribution is -2.55. The van der Waals surface area contributed by atoms with Gasteiger partial charge in [-0.05, 0) is 19.4 Å². The maximum absolute atomic E-state index is 13.0. The summed E-state index contributed by atoms with van der Waals surface area (Å²) in [4.78, 5) is 3.76. The average Bonchev–Trinajstić information content (AvgIpc) is 2.26. The topological polar surface area (TPSA) is 59.1 Å². The number of rotatable bonds is 3. The van der Waals surface area contributed by atoms with Crippen LogP contribution in [-0.4, -0.2) is 22.3 Å². The van der Waals surface area contributed by atoms with Gasteiger partial charge in [0, 0.05) is 23.5 Å². The molecule has 6 heteroatoms. The molecule has 0 aromatic carbocycles. The van der Waals surface area contributed by atoms with E-state index in [1.54, 1.807) is 6.92 Å². The van der Waals surface area contributed by atoms with Gasteiger partial charge in [-0.2, -0.15) is 13.2 Å². The van der Waals surface area contributed by atoms with Crippen molar-refractivity contribution in [2.75, 3.05) is 0 Å². The van der Waals surface area contributed by atoms with Gasteiger partial charge in [0.1, 0.15) is 0 Å². The highest BCUT2D eigenvalue weighted by molar-refractivity contribution is 5.25. The van der Waals surface area contributed by atoms with Crippen LogP contribution in [0.3, 0.4) is 0 Å². The Morgan fingerprint density at radius 2 is 2.00 bits per heavy atom. The van der Waals surface area contributed by atoms with Gasteiger partial charge in [-0.1, -0.05) is 13.0 Å². The van der Waals surface area contributed by atoms with Gasteiger partial charge in [-0.25, -0.2) is 0 Å². The number of aromatic nitrogens is 1. The standard InChI is InChI=1S/C11H15F3N2O/c1-3-9(15)10(17,11(12,13)14)8-5-4-7(2)16-6-8/h4-6,9,17H,3,15H2,1-2H3. The van der Waals surface area contributed by atoms with Crippen LogP contribution in [0.15, 0.2) is 18.3 Å². The summed E-state index contributed by atoms with van der Waals surface area (Å²) in [6.07, 6.45) is -3.82. The van der Waals surface area contributed by atoms with Crippen LogP contribution < -0.4 is 5.73 Å². The molecule has 0 radical (unpaired) electrons.